The number of nitrogens with zero attached hydrogens (tertiary/aromatic N) is 3. The monoisotopic (exact) mass is 283 g/mol. The molecule has 2 aromatic rings. The fourth-order valence-electron chi connectivity index (χ4n) is 1.56. The molecule has 2 rings (SSSR count). The molecule has 7 heteroatoms. The Bertz CT molecular complexity index is 502. The third kappa shape index (κ3) is 3.54. The molecule has 0 aliphatic heterocycles. The zero-order valence-electron chi connectivity index (χ0n) is 10.1. The first-order valence-corrected chi connectivity index (χ1v) is 6.86. The maximum Gasteiger partial charge on any atom is 0.229 e. The van der Waals surface area contributed by atoms with E-state index >= 15 is 0 Å². The maximum absolute atomic E-state index is 5.81. The van der Waals surface area contributed by atoms with Crippen molar-refractivity contribution in [1.29, 1.82) is 0 Å². The van der Waals surface area contributed by atoms with E-state index in [1.54, 1.807) is 18.4 Å². The van der Waals surface area contributed by atoms with Gasteiger partial charge < -0.3 is 10.6 Å². The molecule has 0 saturated carbocycles. The summed E-state index contributed by atoms with van der Waals surface area (Å²) >= 11 is 7.51. The van der Waals surface area contributed by atoms with E-state index in [2.05, 4.69) is 49.3 Å². The lowest BCUT2D eigenvalue weighted by Gasteiger charge is -2.13. The summed E-state index contributed by atoms with van der Waals surface area (Å²) in [6.07, 6.45) is 0.918. The number of halogens is 1. The molecule has 0 radical (unpaired) electrons. The Balaban J connectivity index is 2.02. The van der Waals surface area contributed by atoms with Crippen LogP contribution in [0.1, 0.15) is 12.5 Å². The minimum absolute atomic E-state index is 0.180. The van der Waals surface area contributed by atoms with Crippen molar-refractivity contribution >= 4 is 34.8 Å². The predicted octanol–water partition coefficient (Wildman–Crippen LogP) is 2.67. The van der Waals surface area contributed by atoms with E-state index in [9.17, 15) is 0 Å². The van der Waals surface area contributed by atoms with Crippen molar-refractivity contribution in [2.75, 3.05) is 17.7 Å². The van der Waals surface area contributed by atoms with Crippen molar-refractivity contribution in [3.63, 3.8) is 0 Å². The third-order valence-corrected chi connectivity index (χ3v) is 3.23. The second-order valence-electron chi connectivity index (χ2n) is 3.88. The summed E-state index contributed by atoms with van der Waals surface area (Å²) in [7, 11) is 1.74. The van der Waals surface area contributed by atoms with Gasteiger partial charge in [0.25, 0.3) is 0 Å². The number of hydrogen-bond donors (Lipinski definition) is 2. The van der Waals surface area contributed by atoms with Gasteiger partial charge in [0, 0.05) is 13.1 Å². The van der Waals surface area contributed by atoms with Gasteiger partial charge in [0.1, 0.15) is 0 Å². The molecular weight excluding hydrogens is 270 g/mol. The third-order valence-electron chi connectivity index (χ3n) is 2.33. The second kappa shape index (κ2) is 5.97. The molecule has 96 valence electrons. The molecule has 0 aliphatic carbocycles. The molecule has 0 aliphatic rings. The maximum atomic E-state index is 5.81. The van der Waals surface area contributed by atoms with Crippen LogP contribution in [0.2, 0.25) is 5.28 Å². The lowest BCUT2D eigenvalue weighted by Crippen LogP contribution is -2.20. The lowest BCUT2D eigenvalue weighted by atomic mass is 10.1. The molecule has 5 nitrogen and oxygen atoms in total. The fourth-order valence-corrected chi connectivity index (χ4v) is 2.40. The molecule has 1 atom stereocenters. The minimum atomic E-state index is 0.180. The number of rotatable bonds is 5. The summed E-state index contributed by atoms with van der Waals surface area (Å²) in [6.45, 7) is 2.08. The van der Waals surface area contributed by atoms with Crippen LogP contribution < -0.4 is 10.6 Å². The summed E-state index contributed by atoms with van der Waals surface area (Å²) in [4.78, 5) is 12.2. The van der Waals surface area contributed by atoms with Gasteiger partial charge in [-0.2, -0.15) is 26.3 Å². The number of aromatic nitrogens is 3. The summed E-state index contributed by atoms with van der Waals surface area (Å²) in [5.74, 6) is 0.947. The first-order chi connectivity index (χ1) is 8.67. The van der Waals surface area contributed by atoms with Crippen LogP contribution in [-0.4, -0.2) is 28.0 Å². The van der Waals surface area contributed by atoms with E-state index in [0.29, 0.717) is 11.9 Å². The van der Waals surface area contributed by atoms with Crippen LogP contribution >= 0.6 is 22.9 Å². The van der Waals surface area contributed by atoms with Crippen LogP contribution in [-0.2, 0) is 6.42 Å². The molecule has 2 aromatic heterocycles. The smallest absolute Gasteiger partial charge is 0.229 e. The largest absolute Gasteiger partial charge is 0.357 e. The fraction of sp³-hybridized carbons (Fsp3) is 0.364. The van der Waals surface area contributed by atoms with Crippen molar-refractivity contribution in [1.82, 2.24) is 15.0 Å². The van der Waals surface area contributed by atoms with E-state index in [-0.39, 0.29) is 11.3 Å². The second-order valence-corrected chi connectivity index (χ2v) is 5.00. The van der Waals surface area contributed by atoms with Gasteiger partial charge in [-0.05, 0) is 47.3 Å². The quantitative estimate of drug-likeness (QED) is 0.883. The van der Waals surface area contributed by atoms with Crippen molar-refractivity contribution < 1.29 is 0 Å². The summed E-state index contributed by atoms with van der Waals surface area (Å²) in [5, 5.41) is 10.4. The molecule has 0 fully saturated rings. The number of thiophene rings is 1. The molecule has 0 amide bonds. The van der Waals surface area contributed by atoms with Crippen LogP contribution in [0.25, 0.3) is 0 Å². The highest BCUT2D eigenvalue weighted by atomic mass is 35.5. The molecule has 2 heterocycles. The predicted molar refractivity (Wildman–Crippen MR) is 75.5 cm³/mol. The molecule has 0 saturated heterocycles. The van der Waals surface area contributed by atoms with Crippen LogP contribution in [0, 0.1) is 0 Å². The van der Waals surface area contributed by atoms with Gasteiger partial charge in [0.05, 0.1) is 0 Å². The van der Waals surface area contributed by atoms with E-state index in [1.807, 2.05) is 0 Å². The normalized spacial score (nSPS) is 12.2. The Labute approximate surface area is 115 Å². The van der Waals surface area contributed by atoms with E-state index in [4.69, 9.17) is 11.6 Å². The van der Waals surface area contributed by atoms with Gasteiger partial charge in [0.15, 0.2) is 0 Å². The first kappa shape index (κ1) is 13.0. The highest BCUT2D eigenvalue weighted by Gasteiger charge is 2.08. The number of nitrogens with one attached hydrogen (secondary N) is 2. The molecule has 18 heavy (non-hydrogen) atoms. The van der Waals surface area contributed by atoms with Crippen LogP contribution in [0.3, 0.4) is 0 Å². The first-order valence-electron chi connectivity index (χ1n) is 5.54. The minimum Gasteiger partial charge on any atom is -0.357 e. The Morgan fingerprint density at radius 2 is 2.11 bits per heavy atom. The van der Waals surface area contributed by atoms with Gasteiger partial charge in [-0.15, -0.1) is 0 Å². The molecule has 0 aromatic carbocycles. The summed E-state index contributed by atoms with van der Waals surface area (Å²) in [6, 6.07) is 2.34. The lowest BCUT2D eigenvalue weighted by molar-refractivity contribution is 0.777. The molecule has 0 bridgehead atoms. The Morgan fingerprint density at radius 1 is 1.33 bits per heavy atom. The topological polar surface area (TPSA) is 62.7 Å². The average molecular weight is 284 g/mol. The zero-order valence-corrected chi connectivity index (χ0v) is 11.7. The van der Waals surface area contributed by atoms with E-state index in [0.717, 1.165) is 6.42 Å². The Hall–Kier alpha value is -1.40. The van der Waals surface area contributed by atoms with Crippen LogP contribution in [0.5, 0.6) is 0 Å². The van der Waals surface area contributed by atoms with Crippen LogP contribution in [0.15, 0.2) is 16.8 Å². The van der Waals surface area contributed by atoms with Gasteiger partial charge in [-0.1, -0.05) is 0 Å². The zero-order chi connectivity index (χ0) is 13.0. The van der Waals surface area contributed by atoms with Gasteiger partial charge >= 0.3 is 0 Å². The highest BCUT2D eigenvalue weighted by molar-refractivity contribution is 7.07. The van der Waals surface area contributed by atoms with Gasteiger partial charge in [-0.3, -0.25) is 0 Å². The van der Waals surface area contributed by atoms with Crippen molar-refractivity contribution in [2.45, 2.75) is 19.4 Å². The molecule has 0 spiro atoms. The Kier molecular flexibility index (Phi) is 4.33. The standard InChI is InChI=1S/C11H14ClN5S/c1-7(5-8-3-4-18-6-8)14-11-16-9(12)15-10(13-2)17-11/h3-4,6-7H,5H2,1-2H3,(H2,13,14,15,16,17). The molecular formula is C11H14ClN5S. The summed E-state index contributed by atoms with van der Waals surface area (Å²) < 4.78 is 0. The summed E-state index contributed by atoms with van der Waals surface area (Å²) in [5.41, 5.74) is 1.30. The average Bonchev–Trinajstić information content (AvgIpc) is 2.80. The number of anilines is 2. The number of hydrogen-bond acceptors (Lipinski definition) is 6. The highest BCUT2D eigenvalue weighted by Crippen LogP contribution is 2.13. The Morgan fingerprint density at radius 3 is 2.78 bits per heavy atom. The van der Waals surface area contributed by atoms with E-state index < -0.39 is 0 Å². The van der Waals surface area contributed by atoms with Crippen molar-refractivity contribution in [2.24, 2.45) is 0 Å². The SMILES string of the molecule is CNc1nc(Cl)nc(NC(C)Cc2ccsc2)n1. The van der Waals surface area contributed by atoms with Crippen molar-refractivity contribution in [3.05, 3.63) is 27.7 Å². The van der Waals surface area contributed by atoms with Gasteiger partial charge in [-0.25, -0.2) is 0 Å². The van der Waals surface area contributed by atoms with Crippen molar-refractivity contribution in [3.8, 4) is 0 Å². The molecule has 1 unspecified atom stereocenters. The van der Waals surface area contributed by atoms with E-state index in [1.165, 1.54) is 5.56 Å². The van der Waals surface area contributed by atoms with Crippen LogP contribution in [0.4, 0.5) is 11.9 Å². The van der Waals surface area contributed by atoms with Gasteiger partial charge in [0.2, 0.25) is 17.2 Å². The molecule has 2 N–H and O–H groups in total.